The Morgan fingerprint density at radius 1 is 1.08 bits per heavy atom. The van der Waals surface area contributed by atoms with Crippen molar-refractivity contribution in [2.24, 2.45) is 11.7 Å². The third kappa shape index (κ3) is 5.17. The first kappa shape index (κ1) is 19.7. The van der Waals surface area contributed by atoms with E-state index in [1.54, 1.807) is 25.1 Å². The van der Waals surface area contributed by atoms with Gasteiger partial charge in [0.05, 0.1) is 5.92 Å². The number of hydrogen-bond acceptors (Lipinski definition) is 3. The van der Waals surface area contributed by atoms with Crippen LogP contribution < -0.4 is 11.1 Å². The van der Waals surface area contributed by atoms with Gasteiger partial charge in [-0.2, -0.15) is 0 Å². The molecular formula is C21H27N3O2. The van der Waals surface area contributed by atoms with Crippen LogP contribution in [0.4, 0.5) is 0 Å². The van der Waals surface area contributed by atoms with E-state index in [1.165, 1.54) is 0 Å². The third-order valence-electron chi connectivity index (χ3n) is 4.43. The summed E-state index contributed by atoms with van der Waals surface area (Å²) in [5, 5.41) is 2.94. The Labute approximate surface area is 155 Å². The van der Waals surface area contributed by atoms with E-state index >= 15 is 0 Å². The zero-order valence-corrected chi connectivity index (χ0v) is 15.6. The quantitative estimate of drug-likeness (QED) is 0.802. The summed E-state index contributed by atoms with van der Waals surface area (Å²) in [6, 6.07) is 16.8. The number of carbonyl (C=O) groups is 2. The first-order chi connectivity index (χ1) is 12.4. The van der Waals surface area contributed by atoms with Crippen molar-refractivity contribution in [3.05, 3.63) is 71.3 Å². The van der Waals surface area contributed by atoms with Crippen molar-refractivity contribution in [1.82, 2.24) is 10.2 Å². The molecule has 0 aliphatic rings. The SMILES string of the molecule is CC(C(=O)NCCc1cccc(C(=O)N(C)C)c1)C(N)c1ccccc1. The smallest absolute Gasteiger partial charge is 0.253 e. The van der Waals surface area contributed by atoms with Gasteiger partial charge in [0.1, 0.15) is 0 Å². The predicted molar refractivity (Wildman–Crippen MR) is 104 cm³/mol. The molecule has 0 aromatic heterocycles. The maximum atomic E-state index is 12.4. The normalized spacial score (nSPS) is 12.9. The Hall–Kier alpha value is -2.66. The number of nitrogens with two attached hydrogens (primary N) is 1. The van der Waals surface area contributed by atoms with Crippen LogP contribution in [0.2, 0.25) is 0 Å². The van der Waals surface area contributed by atoms with Crippen molar-refractivity contribution in [3.63, 3.8) is 0 Å². The van der Waals surface area contributed by atoms with Gasteiger partial charge in [-0.15, -0.1) is 0 Å². The first-order valence-electron chi connectivity index (χ1n) is 8.79. The van der Waals surface area contributed by atoms with Gasteiger partial charge in [0.15, 0.2) is 0 Å². The van der Waals surface area contributed by atoms with Gasteiger partial charge in [0.25, 0.3) is 5.91 Å². The van der Waals surface area contributed by atoms with Gasteiger partial charge >= 0.3 is 0 Å². The molecule has 0 fully saturated rings. The van der Waals surface area contributed by atoms with Crippen molar-refractivity contribution in [2.75, 3.05) is 20.6 Å². The highest BCUT2D eigenvalue weighted by Crippen LogP contribution is 2.19. The number of hydrogen-bond donors (Lipinski definition) is 2. The largest absolute Gasteiger partial charge is 0.355 e. The lowest BCUT2D eigenvalue weighted by atomic mass is 9.94. The van der Waals surface area contributed by atoms with E-state index in [0.717, 1.165) is 11.1 Å². The van der Waals surface area contributed by atoms with E-state index in [2.05, 4.69) is 5.32 Å². The molecule has 0 saturated heterocycles. The molecule has 2 atom stereocenters. The van der Waals surface area contributed by atoms with Gasteiger partial charge < -0.3 is 16.0 Å². The second kappa shape index (κ2) is 9.15. The second-order valence-corrected chi connectivity index (χ2v) is 6.67. The van der Waals surface area contributed by atoms with Crippen LogP contribution in [0.25, 0.3) is 0 Å². The molecule has 0 saturated carbocycles. The molecule has 2 unspecified atom stereocenters. The van der Waals surface area contributed by atoms with Crippen molar-refractivity contribution in [2.45, 2.75) is 19.4 Å². The molecule has 138 valence electrons. The summed E-state index contributed by atoms with van der Waals surface area (Å²) in [6.07, 6.45) is 0.660. The number of carbonyl (C=O) groups excluding carboxylic acids is 2. The Morgan fingerprint density at radius 2 is 1.77 bits per heavy atom. The summed E-state index contributed by atoms with van der Waals surface area (Å²) in [7, 11) is 3.46. The van der Waals surface area contributed by atoms with Crippen LogP contribution in [-0.2, 0) is 11.2 Å². The molecule has 5 heteroatoms. The van der Waals surface area contributed by atoms with Gasteiger partial charge in [-0.3, -0.25) is 9.59 Å². The molecule has 0 aliphatic heterocycles. The molecule has 26 heavy (non-hydrogen) atoms. The topological polar surface area (TPSA) is 75.4 Å². The van der Waals surface area contributed by atoms with Gasteiger partial charge in [0.2, 0.25) is 5.91 Å². The van der Waals surface area contributed by atoms with Crippen molar-refractivity contribution >= 4 is 11.8 Å². The molecular weight excluding hydrogens is 326 g/mol. The van der Waals surface area contributed by atoms with Crippen molar-refractivity contribution in [1.29, 1.82) is 0 Å². The highest BCUT2D eigenvalue weighted by molar-refractivity contribution is 5.94. The maximum absolute atomic E-state index is 12.4. The zero-order chi connectivity index (χ0) is 19.1. The summed E-state index contributed by atoms with van der Waals surface area (Å²) in [5.74, 6) is -0.417. The lowest BCUT2D eigenvalue weighted by Gasteiger charge is -2.20. The van der Waals surface area contributed by atoms with Crippen LogP contribution in [0.1, 0.15) is 34.5 Å². The minimum Gasteiger partial charge on any atom is -0.355 e. The molecule has 0 spiro atoms. The van der Waals surface area contributed by atoms with Crippen LogP contribution in [0.15, 0.2) is 54.6 Å². The molecule has 2 aromatic rings. The number of nitrogens with zero attached hydrogens (tertiary/aromatic N) is 1. The Kier molecular flexibility index (Phi) is 6.92. The standard InChI is InChI=1S/C21H27N3O2/c1-15(19(22)17-9-5-4-6-10-17)20(25)23-13-12-16-8-7-11-18(14-16)21(26)24(2)3/h4-11,14-15,19H,12-13,22H2,1-3H3,(H,23,25). The Bertz CT molecular complexity index is 744. The third-order valence-corrected chi connectivity index (χ3v) is 4.43. The predicted octanol–water partition coefficient (Wildman–Crippen LogP) is 2.38. The summed E-state index contributed by atoms with van der Waals surface area (Å²) in [6.45, 7) is 2.34. The molecule has 2 aromatic carbocycles. The summed E-state index contributed by atoms with van der Waals surface area (Å²) in [4.78, 5) is 25.9. The molecule has 0 radical (unpaired) electrons. The van der Waals surface area contributed by atoms with Gasteiger partial charge in [0, 0.05) is 32.2 Å². The second-order valence-electron chi connectivity index (χ2n) is 6.67. The highest BCUT2D eigenvalue weighted by Gasteiger charge is 2.21. The average molecular weight is 353 g/mol. The minimum atomic E-state index is -0.336. The van der Waals surface area contributed by atoms with E-state index in [0.29, 0.717) is 18.5 Å². The molecule has 2 rings (SSSR count). The number of rotatable bonds is 7. The zero-order valence-electron chi connectivity index (χ0n) is 15.6. The molecule has 0 heterocycles. The van der Waals surface area contributed by atoms with Gasteiger partial charge in [-0.05, 0) is 29.7 Å². The maximum Gasteiger partial charge on any atom is 0.253 e. The Balaban J connectivity index is 1.88. The highest BCUT2D eigenvalue weighted by atomic mass is 16.2. The summed E-state index contributed by atoms with van der Waals surface area (Å²) in [5.41, 5.74) is 8.81. The number of amides is 2. The molecule has 5 nitrogen and oxygen atoms in total. The Morgan fingerprint density at radius 3 is 2.42 bits per heavy atom. The number of nitrogens with one attached hydrogen (secondary N) is 1. The number of benzene rings is 2. The van der Waals surface area contributed by atoms with E-state index in [9.17, 15) is 9.59 Å². The van der Waals surface area contributed by atoms with E-state index in [1.807, 2.05) is 55.5 Å². The lowest BCUT2D eigenvalue weighted by Crippen LogP contribution is -2.36. The molecule has 3 N–H and O–H groups in total. The van der Waals surface area contributed by atoms with E-state index in [-0.39, 0.29) is 23.8 Å². The van der Waals surface area contributed by atoms with Crippen LogP contribution >= 0.6 is 0 Å². The minimum absolute atomic E-state index is 0.0293. The van der Waals surface area contributed by atoms with Gasteiger partial charge in [-0.25, -0.2) is 0 Å². The summed E-state index contributed by atoms with van der Waals surface area (Å²) < 4.78 is 0. The van der Waals surface area contributed by atoms with Crippen LogP contribution in [0, 0.1) is 5.92 Å². The fourth-order valence-corrected chi connectivity index (χ4v) is 2.74. The van der Waals surface area contributed by atoms with Crippen LogP contribution in [0.3, 0.4) is 0 Å². The average Bonchev–Trinajstić information content (AvgIpc) is 2.67. The summed E-state index contributed by atoms with van der Waals surface area (Å²) >= 11 is 0. The van der Waals surface area contributed by atoms with Crippen molar-refractivity contribution in [3.8, 4) is 0 Å². The first-order valence-corrected chi connectivity index (χ1v) is 8.79. The fourth-order valence-electron chi connectivity index (χ4n) is 2.74. The van der Waals surface area contributed by atoms with Crippen LogP contribution in [0.5, 0.6) is 0 Å². The lowest BCUT2D eigenvalue weighted by molar-refractivity contribution is -0.125. The fraction of sp³-hybridized carbons (Fsp3) is 0.333. The monoisotopic (exact) mass is 353 g/mol. The van der Waals surface area contributed by atoms with Crippen LogP contribution in [-0.4, -0.2) is 37.4 Å². The molecule has 0 aliphatic carbocycles. The van der Waals surface area contributed by atoms with Gasteiger partial charge in [-0.1, -0.05) is 49.4 Å². The van der Waals surface area contributed by atoms with E-state index in [4.69, 9.17) is 5.73 Å². The van der Waals surface area contributed by atoms with E-state index < -0.39 is 0 Å². The van der Waals surface area contributed by atoms with Crippen molar-refractivity contribution < 1.29 is 9.59 Å². The molecule has 0 bridgehead atoms. The molecule has 2 amide bonds.